The maximum atomic E-state index is 12.1. The molecule has 0 bridgehead atoms. The van der Waals surface area contributed by atoms with E-state index < -0.39 is 0 Å². The molecule has 0 fully saturated rings. The van der Waals surface area contributed by atoms with Gasteiger partial charge in [-0.25, -0.2) is 0 Å². The Bertz CT molecular complexity index is 856. The van der Waals surface area contributed by atoms with Crippen LogP contribution in [0.15, 0.2) is 53.1 Å². The molecule has 1 aromatic heterocycles. The fourth-order valence-electron chi connectivity index (χ4n) is 2.56. The van der Waals surface area contributed by atoms with Crippen molar-refractivity contribution in [2.24, 2.45) is 0 Å². The van der Waals surface area contributed by atoms with Crippen molar-refractivity contribution in [2.45, 2.75) is 33.1 Å². The highest BCUT2D eigenvalue weighted by molar-refractivity contribution is 5.91. The zero-order valence-electron chi connectivity index (χ0n) is 14.5. The molecule has 0 aliphatic heterocycles. The summed E-state index contributed by atoms with van der Waals surface area (Å²) in [4.78, 5) is 16.5. The van der Waals surface area contributed by atoms with Gasteiger partial charge in [0.2, 0.25) is 17.6 Å². The number of nitrogens with zero attached hydrogens (tertiary/aromatic N) is 2. The monoisotopic (exact) mass is 335 g/mol. The largest absolute Gasteiger partial charge is 0.339 e. The molecule has 0 saturated carbocycles. The van der Waals surface area contributed by atoms with Gasteiger partial charge in [-0.1, -0.05) is 47.6 Å². The molecular weight excluding hydrogens is 314 g/mol. The molecule has 2 aromatic carbocycles. The van der Waals surface area contributed by atoms with Gasteiger partial charge >= 0.3 is 0 Å². The normalized spacial score (nSPS) is 10.6. The average molecular weight is 335 g/mol. The summed E-state index contributed by atoms with van der Waals surface area (Å²) in [6.07, 6.45) is 1.66. The number of nitrogens with one attached hydrogen (secondary N) is 1. The molecule has 0 aliphatic carbocycles. The van der Waals surface area contributed by atoms with Crippen LogP contribution in [0.5, 0.6) is 0 Å². The van der Waals surface area contributed by atoms with E-state index in [4.69, 9.17) is 4.52 Å². The first-order valence-electron chi connectivity index (χ1n) is 8.37. The molecule has 1 N–H and O–H groups in total. The number of benzene rings is 2. The highest BCUT2D eigenvalue weighted by atomic mass is 16.5. The topological polar surface area (TPSA) is 68.0 Å². The van der Waals surface area contributed by atoms with E-state index in [2.05, 4.69) is 15.5 Å². The molecule has 0 radical (unpaired) electrons. The van der Waals surface area contributed by atoms with Gasteiger partial charge < -0.3 is 9.84 Å². The van der Waals surface area contributed by atoms with Crippen LogP contribution in [-0.4, -0.2) is 16.0 Å². The number of anilines is 1. The van der Waals surface area contributed by atoms with Crippen molar-refractivity contribution in [3.63, 3.8) is 0 Å². The first-order chi connectivity index (χ1) is 12.1. The maximum Gasteiger partial charge on any atom is 0.226 e. The minimum absolute atomic E-state index is 0.00324. The van der Waals surface area contributed by atoms with Gasteiger partial charge in [0.1, 0.15) is 0 Å². The number of hydrogen-bond acceptors (Lipinski definition) is 4. The second kappa shape index (κ2) is 7.75. The predicted molar refractivity (Wildman–Crippen MR) is 97.2 cm³/mol. The Hall–Kier alpha value is -2.95. The third kappa shape index (κ3) is 4.32. The fourth-order valence-corrected chi connectivity index (χ4v) is 2.56. The Balaban J connectivity index is 1.50. The summed E-state index contributed by atoms with van der Waals surface area (Å²) in [5.74, 6) is 1.13. The lowest BCUT2D eigenvalue weighted by atomic mass is 10.1. The molecular formula is C20H21N3O2. The van der Waals surface area contributed by atoms with E-state index in [-0.39, 0.29) is 5.91 Å². The summed E-state index contributed by atoms with van der Waals surface area (Å²) in [5, 5.41) is 6.95. The first-order valence-corrected chi connectivity index (χ1v) is 8.37. The number of aryl methyl sites for hydroxylation is 2. The van der Waals surface area contributed by atoms with Crippen molar-refractivity contribution in [3.8, 4) is 11.4 Å². The molecule has 0 atom stereocenters. The number of hydrogen-bond donors (Lipinski definition) is 1. The van der Waals surface area contributed by atoms with Gasteiger partial charge in [-0.05, 0) is 37.5 Å². The summed E-state index contributed by atoms with van der Waals surface area (Å²) < 4.78 is 5.26. The third-order valence-electron chi connectivity index (χ3n) is 4.17. The van der Waals surface area contributed by atoms with Crippen LogP contribution in [0.2, 0.25) is 0 Å². The van der Waals surface area contributed by atoms with Crippen molar-refractivity contribution in [3.05, 3.63) is 65.5 Å². The summed E-state index contributed by atoms with van der Waals surface area (Å²) in [6.45, 7) is 4.04. The highest BCUT2D eigenvalue weighted by Gasteiger charge is 2.10. The lowest BCUT2D eigenvalue weighted by Crippen LogP contribution is -2.12. The number of amides is 1. The first kappa shape index (κ1) is 16.9. The molecule has 5 nitrogen and oxygen atoms in total. The molecule has 0 spiro atoms. The Kier molecular flexibility index (Phi) is 5.23. The van der Waals surface area contributed by atoms with Gasteiger partial charge in [0.15, 0.2) is 0 Å². The molecule has 0 aliphatic rings. The second-order valence-corrected chi connectivity index (χ2v) is 6.03. The molecule has 0 unspecified atom stereocenters. The minimum atomic E-state index is -0.00324. The lowest BCUT2D eigenvalue weighted by Gasteiger charge is -2.09. The Labute approximate surface area is 147 Å². The standard InChI is InChI=1S/C20H21N3O2/c1-14-8-6-11-17(15(14)2)21-18(24)12-7-13-19-22-20(23-25-19)16-9-4-3-5-10-16/h3-6,8-11H,7,12-13H2,1-2H3,(H,21,24). The zero-order valence-corrected chi connectivity index (χ0v) is 14.5. The van der Waals surface area contributed by atoms with E-state index >= 15 is 0 Å². The molecule has 25 heavy (non-hydrogen) atoms. The summed E-state index contributed by atoms with van der Waals surface area (Å²) in [5.41, 5.74) is 4.05. The molecule has 3 rings (SSSR count). The fraction of sp³-hybridized carbons (Fsp3) is 0.250. The Morgan fingerprint density at radius 3 is 2.68 bits per heavy atom. The van der Waals surface area contributed by atoms with Crippen LogP contribution in [0.25, 0.3) is 11.4 Å². The van der Waals surface area contributed by atoms with Crippen LogP contribution >= 0.6 is 0 Å². The smallest absolute Gasteiger partial charge is 0.226 e. The van der Waals surface area contributed by atoms with Crippen LogP contribution in [0, 0.1) is 13.8 Å². The number of carbonyl (C=O) groups excluding carboxylic acids is 1. The van der Waals surface area contributed by atoms with E-state index in [9.17, 15) is 4.79 Å². The molecule has 0 saturated heterocycles. The van der Waals surface area contributed by atoms with E-state index in [0.29, 0.717) is 31.0 Å². The van der Waals surface area contributed by atoms with Crippen LogP contribution in [0.1, 0.15) is 29.9 Å². The Morgan fingerprint density at radius 1 is 1.08 bits per heavy atom. The zero-order chi connectivity index (χ0) is 17.6. The quantitative estimate of drug-likeness (QED) is 0.728. The van der Waals surface area contributed by atoms with Crippen molar-refractivity contribution >= 4 is 11.6 Å². The third-order valence-corrected chi connectivity index (χ3v) is 4.17. The number of rotatable bonds is 6. The van der Waals surface area contributed by atoms with Crippen LogP contribution in [0.4, 0.5) is 5.69 Å². The molecule has 1 amide bonds. The van der Waals surface area contributed by atoms with Gasteiger partial charge in [0.05, 0.1) is 0 Å². The van der Waals surface area contributed by atoms with E-state index in [1.807, 2.05) is 62.4 Å². The van der Waals surface area contributed by atoms with Crippen molar-refractivity contribution in [2.75, 3.05) is 5.32 Å². The van der Waals surface area contributed by atoms with Gasteiger partial charge in [0.25, 0.3) is 0 Å². The highest BCUT2D eigenvalue weighted by Crippen LogP contribution is 2.19. The molecule has 128 valence electrons. The summed E-state index contributed by atoms with van der Waals surface area (Å²) in [7, 11) is 0. The van der Waals surface area contributed by atoms with Crippen LogP contribution < -0.4 is 5.32 Å². The Morgan fingerprint density at radius 2 is 1.88 bits per heavy atom. The van der Waals surface area contributed by atoms with E-state index in [0.717, 1.165) is 22.4 Å². The summed E-state index contributed by atoms with van der Waals surface area (Å²) in [6, 6.07) is 15.6. The number of carbonyl (C=O) groups is 1. The second-order valence-electron chi connectivity index (χ2n) is 6.03. The predicted octanol–water partition coefficient (Wildman–Crippen LogP) is 4.31. The molecule has 5 heteroatoms. The van der Waals surface area contributed by atoms with Crippen molar-refractivity contribution in [1.82, 2.24) is 10.1 Å². The van der Waals surface area contributed by atoms with Gasteiger partial charge in [-0.15, -0.1) is 0 Å². The summed E-state index contributed by atoms with van der Waals surface area (Å²) >= 11 is 0. The van der Waals surface area contributed by atoms with Gasteiger partial charge in [-0.2, -0.15) is 4.98 Å². The molecule has 3 aromatic rings. The number of aromatic nitrogens is 2. The van der Waals surface area contributed by atoms with E-state index in [1.54, 1.807) is 0 Å². The van der Waals surface area contributed by atoms with Gasteiger partial charge in [0, 0.05) is 24.1 Å². The van der Waals surface area contributed by atoms with E-state index in [1.165, 1.54) is 0 Å². The SMILES string of the molecule is Cc1cccc(NC(=O)CCCc2nc(-c3ccccc3)no2)c1C. The average Bonchev–Trinajstić information content (AvgIpc) is 3.09. The van der Waals surface area contributed by atoms with Crippen molar-refractivity contribution in [1.29, 1.82) is 0 Å². The van der Waals surface area contributed by atoms with Crippen LogP contribution in [0.3, 0.4) is 0 Å². The minimum Gasteiger partial charge on any atom is -0.339 e. The molecule has 1 heterocycles. The maximum absolute atomic E-state index is 12.1. The van der Waals surface area contributed by atoms with Crippen molar-refractivity contribution < 1.29 is 9.32 Å². The van der Waals surface area contributed by atoms with Gasteiger partial charge in [-0.3, -0.25) is 4.79 Å². The lowest BCUT2D eigenvalue weighted by molar-refractivity contribution is -0.116. The van der Waals surface area contributed by atoms with Crippen LogP contribution in [-0.2, 0) is 11.2 Å².